The highest BCUT2D eigenvalue weighted by Gasteiger charge is 2.32. The van der Waals surface area contributed by atoms with Crippen LogP contribution in [-0.2, 0) is 0 Å². The molecule has 11 aromatic carbocycles. The van der Waals surface area contributed by atoms with Crippen LogP contribution in [-0.4, -0.2) is 0 Å². The van der Waals surface area contributed by atoms with Crippen LogP contribution < -0.4 is 0 Å². The Morgan fingerprint density at radius 1 is 0.190 bits per heavy atom. The second-order valence-electron chi connectivity index (χ2n) is 16.0. The van der Waals surface area contributed by atoms with Gasteiger partial charge in [-0.05, 0) is 175 Å². The van der Waals surface area contributed by atoms with Gasteiger partial charge in [-0.2, -0.15) is 0 Å². The van der Waals surface area contributed by atoms with E-state index >= 15 is 0 Å². The highest BCUT2D eigenvalue weighted by Crippen LogP contribution is 2.59. The van der Waals surface area contributed by atoms with Gasteiger partial charge in [0.1, 0.15) is 0 Å². The van der Waals surface area contributed by atoms with Gasteiger partial charge in [0.25, 0.3) is 0 Å². The van der Waals surface area contributed by atoms with Gasteiger partial charge in [-0.3, -0.25) is 0 Å². The average Bonchev–Trinajstić information content (AvgIpc) is 3.78. The SMILES string of the molecule is c1ccc(-c2cccc(-c3cccc4cc5c(-c6cccc(-c7ccccc7)c6)c6c(cc5cc34)-c3ccc4c5c(ccc-6c35)-c3cc5ccccc5cc3-4)c2)cc1. The first kappa shape index (κ1) is 31.6. The van der Waals surface area contributed by atoms with E-state index in [1.54, 1.807) is 0 Å². The molecule has 0 unspecified atom stereocenters. The van der Waals surface area contributed by atoms with Gasteiger partial charge in [-0.15, -0.1) is 0 Å². The third kappa shape index (κ3) is 4.52. The molecule has 0 aromatic heterocycles. The summed E-state index contributed by atoms with van der Waals surface area (Å²) in [5.74, 6) is 0. The summed E-state index contributed by atoms with van der Waals surface area (Å²) in [4.78, 5) is 0. The van der Waals surface area contributed by atoms with E-state index in [2.05, 4.69) is 206 Å². The lowest BCUT2D eigenvalue weighted by atomic mass is 9.85. The van der Waals surface area contributed by atoms with Gasteiger partial charge in [0.2, 0.25) is 0 Å². The van der Waals surface area contributed by atoms with Crippen LogP contribution in [0.1, 0.15) is 0 Å². The molecule has 2 aliphatic carbocycles. The molecular weight excluding hydrogens is 697 g/mol. The van der Waals surface area contributed by atoms with E-state index in [1.165, 1.54) is 132 Å². The summed E-state index contributed by atoms with van der Waals surface area (Å²) in [5.41, 5.74) is 20.6. The third-order valence-electron chi connectivity index (χ3n) is 12.9. The van der Waals surface area contributed by atoms with Crippen molar-refractivity contribution in [3.05, 3.63) is 206 Å². The van der Waals surface area contributed by atoms with Gasteiger partial charge >= 0.3 is 0 Å². The van der Waals surface area contributed by atoms with Crippen molar-refractivity contribution in [3.8, 4) is 89.0 Å². The summed E-state index contributed by atoms with van der Waals surface area (Å²) in [6.45, 7) is 0. The minimum absolute atomic E-state index is 1.23. The molecular formula is C58H34. The zero-order chi connectivity index (χ0) is 37.9. The summed E-state index contributed by atoms with van der Waals surface area (Å²) in [7, 11) is 0. The van der Waals surface area contributed by atoms with Crippen LogP contribution in [0, 0.1) is 0 Å². The van der Waals surface area contributed by atoms with E-state index < -0.39 is 0 Å². The van der Waals surface area contributed by atoms with Crippen LogP contribution in [0.25, 0.3) is 132 Å². The minimum atomic E-state index is 1.23. The van der Waals surface area contributed by atoms with Gasteiger partial charge in [0, 0.05) is 0 Å². The second-order valence-corrected chi connectivity index (χ2v) is 16.0. The first-order valence-electron chi connectivity index (χ1n) is 20.2. The Kier molecular flexibility index (Phi) is 6.54. The van der Waals surface area contributed by atoms with Crippen LogP contribution in [0.5, 0.6) is 0 Å². The molecule has 0 atom stereocenters. The minimum Gasteiger partial charge on any atom is -0.0622 e. The lowest BCUT2D eigenvalue weighted by Gasteiger charge is -2.18. The molecule has 0 N–H and O–H groups in total. The monoisotopic (exact) mass is 730 g/mol. The molecule has 11 aromatic rings. The Morgan fingerprint density at radius 3 is 1.33 bits per heavy atom. The predicted octanol–water partition coefficient (Wildman–Crippen LogP) is 16.3. The maximum Gasteiger partial charge on any atom is -0.00136 e. The van der Waals surface area contributed by atoms with Crippen LogP contribution in [0.2, 0.25) is 0 Å². The quantitative estimate of drug-likeness (QED) is 0.158. The van der Waals surface area contributed by atoms with E-state index in [0.29, 0.717) is 0 Å². The van der Waals surface area contributed by atoms with Crippen molar-refractivity contribution in [2.45, 2.75) is 0 Å². The van der Waals surface area contributed by atoms with Crippen molar-refractivity contribution >= 4 is 43.1 Å². The average molecular weight is 731 g/mol. The van der Waals surface area contributed by atoms with Crippen molar-refractivity contribution < 1.29 is 0 Å². The lowest BCUT2D eigenvalue weighted by molar-refractivity contribution is 1.60. The molecule has 0 heteroatoms. The molecule has 0 aliphatic heterocycles. The van der Waals surface area contributed by atoms with Crippen molar-refractivity contribution in [1.29, 1.82) is 0 Å². The van der Waals surface area contributed by atoms with Crippen molar-refractivity contribution in [2.75, 3.05) is 0 Å². The summed E-state index contributed by atoms with van der Waals surface area (Å²) in [6.07, 6.45) is 0. The number of rotatable bonds is 4. The van der Waals surface area contributed by atoms with Crippen LogP contribution in [0.4, 0.5) is 0 Å². The molecule has 0 heterocycles. The summed E-state index contributed by atoms with van der Waals surface area (Å²) < 4.78 is 0. The Balaban J connectivity index is 1.09. The van der Waals surface area contributed by atoms with Crippen molar-refractivity contribution in [1.82, 2.24) is 0 Å². The van der Waals surface area contributed by atoms with Gasteiger partial charge in [0.05, 0.1) is 0 Å². The van der Waals surface area contributed by atoms with Crippen LogP contribution in [0.15, 0.2) is 206 Å². The molecule has 0 radical (unpaired) electrons. The van der Waals surface area contributed by atoms with Crippen LogP contribution >= 0.6 is 0 Å². The fourth-order valence-electron chi connectivity index (χ4n) is 10.3. The van der Waals surface area contributed by atoms with E-state index in [1.807, 2.05) is 0 Å². The molecule has 2 aliphatic rings. The first-order chi connectivity index (χ1) is 28.7. The van der Waals surface area contributed by atoms with Gasteiger partial charge < -0.3 is 0 Å². The fourth-order valence-corrected chi connectivity index (χ4v) is 10.3. The van der Waals surface area contributed by atoms with Crippen molar-refractivity contribution in [2.24, 2.45) is 0 Å². The highest BCUT2D eigenvalue weighted by molar-refractivity contribution is 6.30. The Morgan fingerprint density at radius 2 is 0.655 bits per heavy atom. The van der Waals surface area contributed by atoms with E-state index in [-0.39, 0.29) is 0 Å². The Hall–Kier alpha value is -7.54. The van der Waals surface area contributed by atoms with E-state index in [0.717, 1.165) is 0 Å². The fraction of sp³-hybridized carbons (Fsp3) is 0. The zero-order valence-corrected chi connectivity index (χ0v) is 31.6. The topological polar surface area (TPSA) is 0 Å². The second kappa shape index (κ2) is 12.0. The molecule has 266 valence electrons. The largest absolute Gasteiger partial charge is 0.0622 e. The van der Waals surface area contributed by atoms with Crippen molar-refractivity contribution in [3.63, 3.8) is 0 Å². The predicted molar refractivity (Wildman–Crippen MR) is 247 cm³/mol. The van der Waals surface area contributed by atoms with E-state index in [9.17, 15) is 0 Å². The standard InChI is InChI=1S/C58H34/c1-3-12-35(13-4-1)37-18-9-20-41(28-37)45-23-11-21-42-32-51-44(33-50(42)45)34-54-48-25-24-46-52-30-39-16-7-8-17-40(39)31-53(52)47-26-27-49(57(48)56(46)47)58(54)55(51)43-22-10-19-38(29-43)36-14-5-2-6-15-36/h1-34H. The highest BCUT2D eigenvalue weighted by atomic mass is 14.3. The summed E-state index contributed by atoms with van der Waals surface area (Å²) >= 11 is 0. The Labute approximate surface area is 336 Å². The van der Waals surface area contributed by atoms with Gasteiger partial charge in [-0.25, -0.2) is 0 Å². The van der Waals surface area contributed by atoms with E-state index in [4.69, 9.17) is 0 Å². The third-order valence-corrected chi connectivity index (χ3v) is 12.9. The maximum absolute atomic E-state index is 2.49. The van der Waals surface area contributed by atoms with Gasteiger partial charge in [-0.1, -0.05) is 164 Å². The lowest BCUT2D eigenvalue weighted by Crippen LogP contribution is -1.91. The molecule has 0 saturated heterocycles. The smallest absolute Gasteiger partial charge is 0.00136 e. The molecule has 0 amide bonds. The number of hydrogen-bond acceptors (Lipinski definition) is 0. The molecule has 0 spiro atoms. The molecule has 58 heavy (non-hydrogen) atoms. The molecule has 0 fully saturated rings. The Bertz CT molecular complexity index is 3490. The zero-order valence-electron chi connectivity index (χ0n) is 31.6. The number of benzene rings is 11. The number of fused-ring (bicyclic) bond motifs is 9. The van der Waals surface area contributed by atoms with Crippen LogP contribution in [0.3, 0.4) is 0 Å². The van der Waals surface area contributed by atoms with Gasteiger partial charge in [0.15, 0.2) is 0 Å². The maximum atomic E-state index is 2.49. The first-order valence-corrected chi connectivity index (χ1v) is 20.2. The molecule has 0 bridgehead atoms. The summed E-state index contributed by atoms with van der Waals surface area (Å²) in [6, 6.07) is 77.0. The number of hydrogen-bond donors (Lipinski definition) is 0. The molecule has 13 rings (SSSR count). The molecule has 0 saturated carbocycles. The summed E-state index contributed by atoms with van der Waals surface area (Å²) in [5, 5.41) is 10.4. The molecule has 0 nitrogen and oxygen atoms in total. The normalized spacial score (nSPS) is 12.1.